The largest absolute Gasteiger partial charge is 0.373 e. The maximum Gasteiger partial charge on any atom is 0.152 e. The zero-order valence-electron chi connectivity index (χ0n) is 10.3. The Bertz CT molecular complexity index is 601. The molecule has 2 aromatic rings. The van der Waals surface area contributed by atoms with E-state index in [2.05, 4.69) is 0 Å². The Kier molecular flexibility index (Phi) is 3.13. The lowest BCUT2D eigenvalue weighted by Gasteiger charge is -2.26. The van der Waals surface area contributed by atoms with Crippen LogP contribution >= 0.6 is 0 Å². The highest BCUT2D eigenvalue weighted by atomic mass is 19.1. The van der Waals surface area contributed by atoms with E-state index in [1.165, 1.54) is 12.1 Å². The van der Waals surface area contributed by atoms with E-state index in [9.17, 15) is 9.18 Å². The molecule has 1 unspecified atom stereocenters. The van der Waals surface area contributed by atoms with Crippen molar-refractivity contribution in [2.24, 2.45) is 0 Å². The molecule has 96 valence electrons. The lowest BCUT2D eigenvalue weighted by atomic mass is 9.98. The van der Waals surface area contributed by atoms with Gasteiger partial charge < -0.3 is 4.74 Å². The summed E-state index contributed by atoms with van der Waals surface area (Å²) in [6.45, 7) is 0.824. The summed E-state index contributed by atoms with van der Waals surface area (Å²) in [5.74, 6) is -0.487. The number of carbonyl (C=O) groups is 1. The molecule has 0 aliphatic carbocycles. The fourth-order valence-electron chi connectivity index (χ4n) is 2.19. The molecule has 0 radical (unpaired) electrons. The first kappa shape index (κ1) is 12.1. The van der Waals surface area contributed by atoms with Gasteiger partial charge in [0.25, 0.3) is 0 Å². The molecule has 1 heterocycles. The van der Waals surface area contributed by atoms with Crippen molar-refractivity contribution in [1.29, 1.82) is 0 Å². The molecule has 0 N–H and O–H groups in total. The third-order valence-electron chi connectivity index (χ3n) is 3.44. The van der Waals surface area contributed by atoms with Crippen LogP contribution in [0.25, 0.3) is 11.1 Å². The highest BCUT2D eigenvalue weighted by Crippen LogP contribution is 2.31. The van der Waals surface area contributed by atoms with Gasteiger partial charge in [0.05, 0.1) is 18.3 Å². The molecule has 2 aromatic carbocycles. The molecule has 19 heavy (non-hydrogen) atoms. The minimum atomic E-state index is -0.487. The maximum absolute atomic E-state index is 13.6. The lowest BCUT2D eigenvalue weighted by molar-refractivity contribution is -0.0527. The van der Waals surface area contributed by atoms with Gasteiger partial charge in [0.2, 0.25) is 0 Å². The first-order chi connectivity index (χ1) is 9.28. The monoisotopic (exact) mass is 256 g/mol. The van der Waals surface area contributed by atoms with E-state index in [0.717, 1.165) is 29.7 Å². The molecular weight excluding hydrogens is 243 g/mol. The molecule has 0 spiro atoms. The van der Waals surface area contributed by atoms with Gasteiger partial charge in [0.1, 0.15) is 5.82 Å². The van der Waals surface area contributed by atoms with Crippen LogP contribution in [0.3, 0.4) is 0 Å². The van der Waals surface area contributed by atoms with E-state index in [1.807, 2.05) is 24.3 Å². The minimum Gasteiger partial charge on any atom is -0.373 e. The van der Waals surface area contributed by atoms with E-state index in [-0.39, 0.29) is 11.7 Å². The number of carbonyl (C=O) groups excluding carboxylic acids is 1. The Hall–Kier alpha value is -2.00. The van der Waals surface area contributed by atoms with Crippen molar-refractivity contribution in [3.63, 3.8) is 0 Å². The van der Waals surface area contributed by atoms with Crippen LogP contribution in [0.1, 0.15) is 28.4 Å². The summed E-state index contributed by atoms with van der Waals surface area (Å²) in [6.07, 6.45) is 1.79. The third-order valence-corrected chi connectivity index (χ3v) is 3.44. The zero-order chi connectivity index (χ0) is 13.2. The Morgan fingerprint density at radius 3 is 2.32 bits per heavy atom. The fourth-order valence-corrected chi connectivity index (χ4v) is 2.19. The number of ether oxygens (including phenoxy) is 1. The van der Waals surface area contributed by atoms with Crippen LogP contribution in [-0.4, -0.2) is 12.9 Å². The first-order valence-corrected chi connectivity index (χ1v) is 6.24. The average Bonchev–Trinajstić information content (AvgIpc) is 2.37. The van der Waals surface area contributed by atoms with Crippen LogP contribution in [0.2, 0.25) is 0 Å². The summed E-state index contributed by atoms with van der Waals surface area (Å²) >= 11 is 0. The van der Waals surface area contributed by atoms with Crippen molar-refractivity contribution < 1.29 is 13.9 Å². The fraction of sp³-hybridized carbons (Fsp3) is 0.188. The molecule has 0 amide bonds. The van der Waals surface area contributed by atoms with Gasteiger partial charge in [0.15, 0.2) is 6.29 Å². The summed E-state index contributed by atoms with van der Waals surface area (Å²) < 4.78 is 19.0. The maximum atomic E-state index is 13.6. The molecule has 1 atom stereocenters. The summed E-state index contributed by atoms with van der Waals surface area (Å²) in [5.41, 5.74) is 2.94. The van der Waals surface area contributed by atoms with Crippen LogP contribution < -0.4 is 0 Å². The van der Waals surface area contributed by atoms with E-state index < -0.39 is 5.82 Å². The van der Waals surface area contributed by atoms with Gasteiger partial charge in [-0.15, -0.1) is 0 Å². The minimum absolute atomic E-state index is 0.0863. The molecule has 0 bridgehead atoms. The van der Waals surface area contributed by atoms with Gasteiger partial charge in [-0.2, -0.15) is 0 Å². The number of hydrogen-bond donors (Lipinski definition) is 0. The third kappa shape index (κ3) is 2.29. The molecule has 2 nitrogen and oxygen atoms in total. The van der Waals surface area contributed by atoms with Crippen LogP contribution in [0, 0.1) is 5.82 Å². The SMILES string of the molecule is O=Cc1ccc(-c2ccc(C3CCO3)cc2)cc1F. The predicted molar refractivity (Wildman–Crippen MR) is 70.5 cm³/mol. The smallest absolute Gasteiger partial charge is 0.152 e. The second-order valence-electron chi connectivity index (χ2n) is 4.62. The number of hydrogen-bond acceptors (Lipinski definition) is 2. The molecule has 1 aliphatic heterocycles. The summed E-state index contributed by atoms with van der Waals surface area (Å²) in [4.78, 5) is 10.6. The van der Waals surface area contributed by atoms with E-state index in [1.54, 1.807) is 6.07 Å². The molecule has 1 aliphatic rings. The molecule has 1 fully saturated rings. The van der Waals surface area contributed by atoms with Crippen molar-refractivity contribution in [3.8, 4) is 11.1 Å². The molecule has 0 saturated carbocycles. The Morgan fingerprint density at radius 1 is 1.11 bits per heavy atom. The summed E-state index contributed by atoms with van der Waals surface area (Å²) in [5, 5.41) is 0. The van der Waals surface area contributed by atoms with Gasteiger partial charge in [-0.1, -0.05) is 30.3 Å². The number of rotatable bonds is 3. The van der Waals surface area contributed by atoms with Crippen LogP contribution in [0.5, 0.6) is 0 Å². The van der Waals surface area contributed by atoms with Crippen molar-refractivity contribution >= 4 is 6.29 Å². The van der Waals surface area contributed by atoms with Crippen molar-refractivity contribution in [3.05, 3.63) is 59.4 Å². The van der Waals surface area contributed by atoms with Crippen LogP contribution in [-0.2, 0) is 4.74 Å². The summed E-state index contributed by atoms with van der Waals surface area (Å²) in [6, 6.07) is 12.6. The topological polar surface area (TPSA) is 26.3 Å². The normalized spacial score (nSPS) is 17.8. The van der Waals surface area contributed by atoms with E-state index >= 15 is 0 Å². The first-order valence-electron chi connectivity index (χ1n) is 6.24. The van der Waals surface area contributed by atoms with Gasteiger partial charge in [-0.25, -0.2) is 4.39 Å². The van der Waals surface area contributed by atoms with Crippen molar-refractivity contribution in [2.45, 2.75) is 12.5 Å². The van der Waals surface area contributed by atoms with Gasteiger partial charge in [-0.05, 0) is 28.8 Å². The molecular formula is C16H13FO2. The zero-order valence-corrected chi connectivity index (χ0v) is 10.3. The van der Waals surface area contributed by atoms with Gasteiger partial charge in [-0.3, -0.25) is 4.79 Å². The Labute approximate surface area is 110 Å². The highest BCUT2D eigenvalue weighted by Gasteiger charge is 2.19. The number of benzene rings is 2. The standard InChI is InChI=1S/C16H13FO2/c17-15-9-13(5-6-14(15)10-18)11-1-3-12(4-2-11)16-7-8-19-16/h1-6,9-10,16H,7-8H2. The van der Waals surface area contributed by atoms with E-state index in [0.29, 0.717) is 6.29 Å². The van der Waals surface area contributed by atoms with Gasteiger partial charge in [0, 0.05) is 6.42 Å². The molecule has 3 heteroatoms. The van der Waals surface area contributed by atoms with Crippen molar-refractivity contribution in [2.75, 3.05) is 6.61 Å². The molecule has 1 saturated heterocycles. The van der Waals surface area contributed by atoms with Crippen LogP contribution in [0.4, 0.5) is 4.39 Å². The molecule has 3 rings (SSSR count). The predicted octanol–water partition coefficient (Wildman–Crippen LogP) is 3.77. The van der Waals surface area contributed by atoms with Gasteiger partial charge >= 0.3 is 0 Å². The second kappa shape index (κ2) is 4.94. The second-order valence-corrected chi connectivity index (χ2v) is 4.62. The molecule has 0 aromatic heterocycles. The van der Waals surface area contributed by atoms with E-state index in [4.69, 9.17) is 4.74 Å². The Balaban J connectivity index is 1.89. The van der Waals surface area contributed by atoms with Crippen molar-refractivity contribution in [1.82, 2.24) is 0 Å². The quantitative estimate of drug-likeness (QED) is 0.781. The Morgan fingerprint density at radius 2 is 1.79 bits per heavy atom. The average molecular weight is 256 g/mol. The number of halogens is 1. The highest BCUT2D eigenvalue weighted by molar-refractivity contribution is 5.77. The lowest BCUT2D eigenvalue weighted by Crippen LogP contribution is -2.17. The van der Waals surface area contributed by atoms with Crippen LogP contribution in [0.15, 0.2) is 42.5 Å². The number of aldehydes is 1. The summed E-state index contributed by atoms with van der Waals surface area (Å²) in [7, 11) is 0.